The van der Waals surface area contributed by atoms with Crippen LogP contribution in [0.2, 0.25) is 0 Å². The van der Waals surface area contributed by atoms with Gasteiger partial charge in [0.15, 0.2) is 24.1 Å². The van der Waals surface area contributed by atoms with Crippen molar-refractivity contribution in [3.8, 4) is 0 Å². The molecule has 0 saturated carbocycles. The summed E-state index contributed by atoms with van der Waals surface area (Å²) >= 11 is 4.00. The minimum absolute atomic E-state index is 0.0177. The van der Waals surface area contributed by atoms with Crippen molar-refractivity contribution in [3.63, 3.8) is 0 Å². The molecule has 0 bridgehead atoms. The molecule has 39 heavy (non-hydrogen) atoms. The summed E-state index contributed by atoms with van der Waals surface area (Å²) in [5.74, 6) is -1.13. The maximum atomic E-state index is 13.1. The maximum absolute atomic E-state index is 13.1. The Balaban J connectivity index is 1.48. The number of aromatic nitrogens is 3. The van der Waals surface area contributed by atoms with Gasteiger partial charge in [-0.15, -0.1) is 23.5 Å². The molecule has 1 fully saturated rings. The average molecular weight is 594 g/mol. The number of amides is 2. The predicted molar refractivity (Wildman–Crippen MR) is 148 cm³/mol. The molecule has 1 saturated heterocycles. The molecule has 2 aromatic rings. The van der Waals surface area contributed by atoms with Gasteiger partial charge in [0, 0.05) is 41.2 Å². The lowest BCUT2D eigenvalue weighted by Crippen LogP contribution is -2.71. The Hall–Kier alpha value is -3.21. The summed E-state index contributed by atoms with van der Waals surface area (Å²) in [6, 6.07) is 3.00. The number of thioether (sulfide) groups is 2. The number of oxime groups is 1. The second-order valence-electron chi connectivity index (χ2n) is 8.80. The molecule has 2 atom stereocenters. The van der Waals surface area contributed by atoms with Gasteiger partial charge in [-0.2, -0.15) is 13.9 Å². The van der Waals surface area contributed by atoms with Gasteiger partial charge in [0.2, 0.25) is 11.5 Å². The number of pyridine rings is 1. The second-order valence-corrected chi connectivity index (χ2v) is 11.9. The van der Waals surface area contributed by atoms with Gasteiger partial charge in [-0.05, 0) is 27.1 Å². The first-order chi connectivity index (χ1) is 18.7. The Morgan fingerprint density at radius 1 is 1.44 bits per heavy atom. The Bertz CT molecular complexity index is 1310. The van der Waals surface area contributed by atoms with E-state index in [1.807, 2.05) is 43.2 Å². The molecule has 0 radical (unpaired) electrons. The number of nitrogens with zero attached hydrogens (tertiary/aromatic N) is 6. The van der Waals surface area contributed by atoms with Crippen LogP contribution in [0.5, 0.6) is 0 Å². The number of rotatable bonds is 12. The normalized spacial score (nSPS) is 19.1. The molecule has 4 N–H and O–H groups in total. The van der Waals surface area contributed by atoms with Gasteiger partial charge in [0.05, 0.1) is 4.90 Å². The van der Waals surface area contributed by atoms with Crippen LogP contribution in [-0.2, 0) is 25.8 Å². The number of β-lactam (4-membered cyclic amide) rings is 1. The molecule has 13 nitrogen and oxygen atoms in total. The zero-order valence-electron chi connectivity index (χ0n) is 21.6. The number of carbonyl (C=O) groups is 3. The zero-order valence-corrected chi connectivity index (χ0v) is 24.0. The van der Waals surface area contributed by atoms with E-state index in [2.05, 4.69) is 24.7 Å². The first kappa shape index (κ1) is 28.8. The third kappa shape index (κ3) is 6.69. The Kier molecular flexibility index (Phi) is 9.42. The van der Waals surface area contributed by atoms with Crippen molar-refractivity contribution in [2.45, 2.75) is 29.8 Å². The fourth-order valence-electron chi connectivity index (χ4n) is 3.91. The fourth-order valence-corrected chi connectivity index (χ4v) is 6.75. The van der Waals surface area contributed by atoms with Crippen molar-refractivity contribution < 1.29 is 28.9 Å². The van der Waals surface area contributed by atoms with Crippen molar-refractivity contribution in [1.29, 1.82) is 0 Å². The number of hydrogen-bond acceptors (Lipinski definition) is 12. The van der Waals surface area contributed by atoms with E-state index in [0.29, 0.717) is 17.9 Å². The van der Waals surface area contributed by atoms with Crippen molar-refractivity contribution in [2.75, 3.05) is 44.5 Å². The lowest BCUT2D eigenvalue weighted by Gasteiger charge is -2.49. The number of aliphatic carboxylic acids is 1. The van der Waals surface area contributed by atoms with E-state index in [4.69, 9.17) is 10.6 Å². The first-order valence-corrected chi connectivity index (χ1v) is 14.8. The number of hydrogen-bond donors (Lipinski definition) is 3. The van der Waals surface area contributed by atoms with Crippen LogP contribution < -0.4 is 15.6 Å². The smallest absolute Gasteiger partial charge is 0.352 e. The number of nitrogens with one attached hydrogen (secondary N) is 1. The van der Waals surface area contributed by atoms with E-state index >= 15 is 0 Å². The first-order valence-electron chi connectivity index (χ1n) is 12.0. The molecule has 2 amide bonds. The topological polar surface area (TPSA) is 167 Å². The molecule has 2 aliphatic rings. The molecule has 4 rings (SSSR count). The SMILES string of the molecule is CCON=C(C(=O)NC1C(=O)N2C(C(=O)O)=C(C[n+]3cccc(SCCN(C)C)c3)CS[C@@H]12)c1nsc(N)n1. The van der Waals surface area contributed by atoms with Crippen molar-refractivity contribution in [1.82, 2.24) is 24.5 Å². The predicted octanol–water partition coefficient (Wildman–Crippen LogP) is 0.241. The molecule has 0 aliphatic carbocycles. The molecule has 16 heteroatoms. The van der Waals surface area contributed by atoms with E-state index in [1.165, 1.54) is 16.7 Å². The van der Waals surface area contributed by atoms with E-state index in [0.717, 1.165) is 28.7 Å². The number of nitrogen functional groups attached to an aromatic ring is 1. The van der Waals surface area contributed by atoms with Crippen LogP contribution in [-0.4, -0.2) is 97.9 Å². The van der Waals surface area contributed by atoms with Crippen molar-refractivity contribution in [3.05, 3.63) is 41.6 Å². The minimum atomic E-state index is -1.19. The average Bonchev–Trinajstić information content (AvgIpc) is 3.32. The van der Waals surface area contributed by atoms with E-state index in [-0.39, 0.29) is 29.0 Å². The minimum Gasteiger partial charge on any atom is -0.477 e. The fraction of sp³-hybridized carbons (Fsp3) is 0.435. The number of carboxylic acid groups (broad SMARTS) is 1. The third-order valence-corrected chi connectivity index (χ3v) is 8.55. The number of nitrogens with two attached hydrogens (primary N) is 1. The lowest BCUT2D eigenvalue weighted by atomic mass is 10.0. The van der Waals surface area contributed by atoms with Crippen LogP contribution >= 0.6 is 35.1 Å². The molecule has 2 aromatic heterocycles. The summed E-state index contributed by atoms with van der Waals surface area (Å²) in [6.07, 6.45) is 3.85. The molecule has 1 unspecified atom stereocenters. The Morgan fingerprint density at radius 3 is 2.90 bits per heavy atom. The van der Waals surface area contributed by atoms with Gasteiger partial charge >= 0.3 is 5.97 Å². The van der Waals surface area contributed by atoms with E-state index < -0.39 is 29.2 Å². The molecular weight excluding hydrogens is 565 g/mol. The van der Waals surface area contributed by atoms with Gasteiger partial charge in [0.25, 0.3) is 11.8 Å². The van der Waals surface area contributed by atoms with Crippen molar-refractivity contribution >= 4 is 63.7 Å². The highest BCUT2D eigenvalue weighted by Crippen LogP contribution is 2.40. The highest BCUT2D eigenvalue weighted by Gasteiger charge is 2.54. The summed E-state index contributed by atoms with van der Waals surface area (Å²) in [4.78, 5) is 51.8. The number of carbonyl (C=O) groups excluding carboxylic acids is 2. The molecule has 0 aromatic carbocycles. The molecule has 2 aliphatic heterocycles. The molecular formula is C23H29N8O5S3+. The zero-order chi connectivity index (χ0) is 28.1. The van der Waals surface area contributed by atoms with Crippen LogP contribution in [0.25, 0.3) is 0 Å². The van der Waals surface area contributed by atoms with E-state index in [1.54, 1.807) is 18.7 Å². The standard InChI is InChI=1S/C23H28N8O5S3/c1-4-36-27-15(18-26-23(24)39-28-18)19(32)25-16-20(33)31-17(22(34)35)13(12-38-21(16)31)10-30-7-5-6-14(11-30)37-9-8-29(2)3/h5-7,11,16,21H,4,8-10,12H2,1-3H3,(H3-,24,25,26,28,32,34,35)/p+1/t16?,21-/m0/s1. The van der Waals surface area contributed by atoms with Crippen LogP contribution in [0, 0.1) is 0 Å². The van der Waals surface area contributed by atoms with Crippen LogP contribution in [0.1, 0.15) is 12.7 Å². The second kappa shape index (κ2) is 12.8. The summed E-state index contributed by atoms with van der Waals surface area (Å²) in [5.41, 5.74) is 5.98. The van der Waals surface area contributed by atoms with Gasteiger partial charge in [-0.3, -0.25) is 14.5 Å². The third-order valence-electron chi connectivity index (χ3n) is 5.70. The Labute approximate surface area is 237 Å². The summed E-state index contributed by atoms with van der Waals surface area (Å²) in [7, 11) is 4.04. The summed E-state index contributed by atoms with van der Waals surface area (Å²) in [5, 5.41) is 16.0. The number of fused-ring (bicyclic) bond motifs is 1. The lowest BCUT2D eigenvalue weighted by molar-refractivity contribution is -0.690. The van der Waals surface area contributed by atoms with Gasteiger partial charge in [-0.1, -0.05) is 5.16 Å². The van der Waals surface area contributed by atoms with Crippen molar-refractivity contribution in [2.24, 2.45) is 5.16 Å². The van der Waals surface area contributed by atoms with Crippen LogP contribution in [0.4, 0.5) is 5.13 Å². The van der Waals surface area contributed by atoms with E-state index in [9.17, 15) is 19.5 Å². The molecule has 0 spiro atoms. The van der Waals surface area contributed by atoms with Gasteiger partial charge in [-0.25, -0.2) is 4.79 Å². The number of carboxylic acids is 1. The quantitative estimate of drug-likeness (QED) is 0.101. The molecule has 208 valence electrons. The summed E-state index contributed by atoms with van der Waals surface area (Å²) in [6.45, 7) is 3.17. The number of anilines is 1. The van der Waals surface area contributed by atoms with Crippen LogP contribution in [0.3, 0.4) is 0 Å². The van der Waals surface area contributed by atoms with Gasteiger partial charge in [0.1, 0.15) is 23.7 Å². The van der Waals surface area contributed by atoms with Crippen LogP contribution in [0.15, 0.2) is 45.8 Å². The van der Waals surface area contributed by atoms with Gasteiger partial charge < -0.3 is 25.9 Å². The summed E-state index contributed by atoms with van der Waals surface area (Å²) < 4.78 is 5.92. The maximum Gasteiger partial charge on any atom is 0.352 e. The monoisotopic (exact) mass is 593 g/mol. The Morgan fingerprint density at radius 2 is 2.23 bits per heavy atom. The highest BCUT2D eigenvalue weighted by atomic mass is 32.2. The molecule has 4 heterocycles. The largest absolute Gasteiger partial charge is 0.477 e. The highest BCUT2D eigenvalue weighted by molar-refractivity contribution is 8.00.